The minimum Gasteiger partial charge on any atom is -0.461 e. The number of rotatable bonds is 6. The molecular formula is C19H17Cl2N5OS. The number of fused-ring (bicyclic) bond motifs is 1. The lowest BCUT2D eigenvalue weighted by atomic mass is 10.1. The molecule has 0 spiro atoms. The first kappa shape index (κ1) is 19.2. The zero-order valence-electron chi connectivity index (χ0n) is 15.0. The lowest BCUT2D eigenvalue weighted by Crippen LogP contribution is -2.24. The predicted octanol–water partition coefficient (Wildman–Crippen LogP) is 4.37. The molecule has 0 amide bonds. The molecular weight excluding hydrogens is 417 g/mol. The number of likely N-dealkylation sites (N-methyl/N-ethyl adjacent to an activating group) is 1. The van der Waals surface area contributed by atoms with Crippen LogP contribution in [0, 0.1) is 0 Å². The highest BCUT2D eigenvalue weighted by Gasteiger charge is 2.27. The van der Waals surface area contributed by atoms with Crippen molar-refractivity contribution in [2.75, 3.05) is 25.1 Å². The van der Waals surface area contributed by atoms with E-state index in [1.54, 1.807) is 0 Å². The largest absolute Gasteiger partial charge is 0.461 e. The maximum Gasteiger partial charge on any atom is 0.322 e. The summed E-state index contributed by atoms with van der Waals surface area (Å²) in [5.41, 5.74) is 3.44. The standard InChI is InChI=1S/C19H17Cl2N5OS/c1-26(10-11-27-19-24-17(20)23-18(21)25-19)13-8-6-12(7-9-13)16-22-14-4-2-3-5-15(14)28-16/h2-9,15-16H,10-11H2,1H3. The first-order valence-corrected chi connectivity index (χ1v) is 10.4. The zero-order chi connectivity index (χ0) is 19.5. The number of ether oxygens (including phenoxy) is 1. The third-order valence-electron chi connectivity index (χ3n) is 4.33. The molecule has 0 bridgehead atoms. The molecule has 144 valence electrons. The normalized spacial score (nSPS) is 20.0. The van der Waals surface area contributed by atoms with E-state index in [9.17, 15) is 0 Å². The van der Waals surface area contributed by atoms with Gasteiger partial charge in [-0.25, -0.2) is 0 Å². The van der Waals surface area contributed by atoms with Crippen LogP contribution in [0.5, 0.6) is 6.01 Å². The van der Waals surface area contributed by atoms with E-state index in [-0.39, 0.29) is 22.0 Å². The molecule has 6 nitrogen and oxygen atoms in total. The quantitative estimate of drug-likeness (QED) is 0.673. The van der Waals surface area contributed by atoms with Crippen molar-refractivity contribution in [2.45, 2.75) is 10.6 Å². The van der Waals surface area contributed by atoms with Gasteiger partial charge in [0.25, 0.3) is 0 Å². The Hall–Kier alpha value is -2.09. The highest BCUT2D eigenvalue weighted by atomic mass is 35.5. The van der Waals surface area contributed by atoms with Gasteiger partial charge in [0.2, 0.25) is 10.6 Å². The van der Waals surface area contributed by atoms with Crippen molar-refractivity contribution in [2.24, 2.45) is 4.99 Å². The summed E-state index contributed by atoms with van der Waals surface area (Å²) in [5.74, 6) is 0. The van der Waals surface area contributed by atoms with Crippen molar-refractivity contribution in [3.8, 4) is 6.01 Å². The van der Waals surface area contributed by atoms with Gasteiger partial charge in [-0.2, -0.15) is 15.0 Å². The Kier molecular flexibility index (Phi) is 5.85. The van der Waals surface area contributed by atoms with Crippen LogP contribution in [-0.2, 0) is 0 Å². The number of anilines is 1. The SMILES string of the molecule is CN(CCOc1nc(Cl)nc(Cl)n1)c1ccc(C2N=C3C=CC=CC3S2)cc1. The second-order valence-electron chi connectivity index (χ2n) is 6.22. The van der Waals surface area contributed by atoms with Crippen molar-refractivity contribution in [3.05, 3.63) is 64.7 Å². The number of aromatic nitrogens is 3. The Morgan fingerprint density at radius 3 is 2.54 bits per heavy atom. The second-order valence-corrected chi connectivity index (χ2v) is 8.13. The van der Waals surface area contributed by atoms with Gasteiger partial charge < -0.3 is 9.64 Å². The maximum absolute atomic E-state index is 5.74. The van der Waals surface area contributed by atoms with Crippen LogP contribution >= 0.6 is 35.0 Å². The Morgan fingerprint density at radius 1 is 1.07 bits per heavy atom. The van der Waals surface area contributed by atoms with Gasteiger partial charge in [0, 0.05) is 12.7 Å². The third-order valence-corrected chi connectivity index (χ3v) is 6.00. The molecule has 1 aliphatic heterocycles. The van der Waals surface area contributed by atoms with Gasteiger partial charge in [-0.15, -0.1) is 11.8 Å². The number of thioether (sulfide) groups is 1. The summed E-state index contributed by atoms with van der Waals surface area (Å²) in [5, 5.41) is 0.539. The van der Waals surface area contributed by atoms with E-state index in [1.165, 1.54) is 5.56 Å². The summed E-state index contributed by atoms with van der Waals surface area (Å²) >= 11 is 13.3. The fourth-order valence-corrected chi connectivity index (χ4v) is 4.45. The molecule has 1 aromatic carbocycles. The molecule has 0 saturated heterocycles. The van der Waals surface area contributed by atoms with E-state index in [2.05, 4.69) is 62.3 Å². The second kappa shape index (κ2) is 8.51. The van der Waals surface area contributed by atoms with Crippen LogP contribution in [-0.4, -0.2) is 46.1 Å². The number of nitrogens with zero attached hydrogens (tertiary/aromatic N) is 5. The summed E-state index contributed by atoms with van der Waals surface area (Å²) in [7, 11) is 2.00. The van der Waals surface area contributed by atoms with Gasteiger partial charge in [-0.05, 0) is 47.0 Å². The van der Waals surface area contributed by atoms with Crippen molar-refractivity contribution in [1.29, 1.82) is 0 Å². The van der Waals surface area contributed by atoms with E-state index < -0.39 is 0 Å². The van der Waals surface area contributed by atoms with Crippen LogP contribution in [0.15, 0.2) is 53.6 Å². The summed E-state index contributed by atoms with van der Waals surface area (Å²) in [4.78, 5) is 18.4. The summed E-state index contributed by atoms with van der Waals surface area (Å²) in [6.45, 7) is 1.04. The van der Waals surface area contributed by atoms with Gasteiger partial charge >= 0.3 is 6.01 Å². The number of hydrogen-bond acceptors (Lipinski definition) is 7. The fourth-order valence-electron chi connectivity index (χ4n) is 2.87. The molecule has 28 heavy (non-hydrogen) atoms. The number of aliphatic imine (C=N–C) groups is 1. The van der Waals surface area contributed by atoms with Crippen LogP contribution in [0.4, 0.5) is 5.69 Å². The monoisotopic (exact) mass is 433 g/mol. The first-order valence-electron chi connectivity index (χ1n) is 8.67. The Morgan fingerprint density at radius 2 is 1.82 bits per heavy atom. The Labute approximate surface area is 177 Å². The van der Waals surface area contributed by atoms with Gasteiger partial charge in [0.15, 0.2) is 0 Å². The van der Waals surface area contributed by atoms with E-state index in [1.807, 2.05) is 24.9 Å². The Bertz CT molecular complexity index is 928. The molecule has 0 N–H and O–H groups in total. The van der Waals surface area contributed by atoms with E-state index >= 15 is 0 Å². The summed E-state index contributed by atoms with van der Waals surface area (Å²) < 4.78 is 5.51. The molecule has 1 aliphatic carbocycles. The molecule has 2 aliphatic rings. The molecule has 4 rings (SSSR count). The van der Waals surface area contributed by atoms with E-state index in [0.29, 0.717) is 18.4 Å². The number of halogens is 2. The van der Waals surface area contributed by atoms with Crippen molar-refractivity contribution >= 4 is 46.4 Å². The Balaban J connectivity index is 1.33. The van der Waals surface area contributed by atoms with Crippen LogP contribution in [0.2, 0.25) is 10.6 Å². The van der Waals surface area contributed by atoms with Crippen LogP contribution in [0.25, 0.3) is 0 Å². The molecule has 2 heterocycles. The molecule has 2 atom stereocenters. The molecule has 0 radical (unpaired) electrons. The lowest BCUT2D eigenvalue weighted by Gasteiger charge is -2.20. The van der Waals surface area contributed by atoms with E-state index in [4.69, 9.17) is 32.9 Å². The molecule has 2 aromatic rings. The van der Waals surface area contributed by atoms with Gasteiger partial charge in [0.1, 0.15) is 12.0 Å². The van der Waals surface area contributed by atoms with Crippen molar-refractivity contribution in [3.63, 3.8) is 0 Å². The maximum atomic E-state index is 5.74. The third kappa shape index (κ3) is 4.48. The fraction of sp³-hybridized carbons (Fsp3) is 0.263. The zero-order valence-corrected chi connectivity index (χ0v) is 17.3. The smallest absolute Gasteiger partial charge is 0.322 e. The molecule has 1 aromatic heterocycles. The van der Waals surface area contributed by atoms with Gasteiger partial charge in [0.05, 0.1) is 17.5 Å². The van der Waals surface area contributed by atoms with Crippen LogP contribution in [0.3, 0.4) is 0 Å². The first-order chi connectivity index (χ1) is 13.6. The van der Waals surface area contributed by atoms with Crippen molar-refractivity contribution < 1.29 is 4.74 Å². The molecule has 0 fully saturated rings. The van der Waals surface area contributed by atoms with Crippen LogP contribution < -0.4 is 9.64 Å². The topological polar surface area (TPSA) is 63.5 Å². The lowest BCUT2D eigenvalue weighted by molar-refractivity contribution is 0.299. The highest BCUT2D eigenvalue weighted by molar-refractivity contribution is 8.01. The van der Waals surface area contributed by atoms with E-state index in [0.717, 1.165) is 11.4 Å². The summed E-state index contributed by atoms with van der Waals surface area (Å²) in [6, 6.07) is 8.58. The molecule has 0 saturated carbocycles. The minimum absolute atomic E-state index is 0.0122. The highest BCUT2D eigenvalue weighted by Crippen LogP contribution is 2.41. The minimum atomic E-state index is 0.0122. The molecule has 9 heteroatoms. The number of allylic oxidation sites excluding steroid dienone is 3. The number of benzene rings is 1. The van der Waals surface area contributed by atoms with Crippen molar-refractivity contribution in [1.82, 2.24) is 15.0 Å². The molecule has 2 unspecified atom stereocenters. The number of hydrogen-bond donors (Lipinski definition) is 0. The average molecular weight is 434 g/mol. The predicted molar refractivity (Wildman–Crippen MR) is 115 cm³/mol. The van der Waals surface area contributed by atoms with Crippen LogP contribution in [0.1, 0.15) is 10.9 Å². The van der Waals surface area contributed by atoms with Gasteiger partial charge in [-0.1, -0.05) is 30.4 Å². The van der Waals surface area contributed by atoms with Gasteiger partial charge in [-0.3, -0.25) is 4.99 Å². The summed E-state index contributed by atoms with van der Waals surface area (Å²) in [6.07, 6.45) is 8.40. The average Bonchev–Trinajstić information content (AvgIpc) is 3.11.